The molecule has 0 spiro atoms. The predicted octanol–water partition coefficient (Wildman–Crippen LogP) is 1.84. The minimum Gasteiger partial charge on any atom is -0.387 e. The Bertz CT molecular complexity index is 179. The van der Waals surface area contributed by atoms with E-state index in [-0.39, 0.29) is 0 Å². The quantitative estimate of drug-likeness (QED) is 0.303. The molecule has 76 valence electrons. The fraction of sp³-hybridized carbons (Fsp3) is 0.750. The third-order valence-corrected chi connectivity index (χ3v) is 2.39. The monoisotopic (exact) mass is 296 g/mol. The summed E-state index contributed by atoms with van der Waals surface area (Å²) in [6.07, 6.45) is 4.92. The molecular formula is C8H17IN4. The van der Waals surface area contributed by atoms with E-state index in [2.05, 4.69) is 8.52 Å². The summed E-state index contributed by atoms with van der Waals surface area (Å²) in [5.74, 6) is 1.32. The number of nitrogens with zero attached hydrogens (tertiary/aromatic N) is 1. The summed E-state index contributed by atoms with van der Waals surface area (Å²) in [7, 11) is 1.78. The molecule has 0 aromatic rings. The lowest BCUT2D eigenvalue weighted by Gasteiger charge is -2.02. The molecule has 0 saturated carbocycles. The molecule has 0 atom stereocenters. The largest absolute Gasteiger partial charge is 0.387 e. The average molecular weight is 296 g/mol. The van der Waals surface area contributed by atoms with Gasteiger partial charge in [-0.15, -0.1) is 0 Å². The number of hydrogen-bond donors (Lipinski definition) is 3. The maximum atomic E-state index is 7.33. The third-order valence-electron chi connectivity index (χ3n) is 1.77. The molecule has 4 nitrogen and oxygen atoms in total. The van der Waals surface area contributed by atoms with Crippen molar-refractivity contribution >= 4 is 34.5 Å². The Balaban J connectivity index is 3.22. The summed E-state index contributed by atoms with van der Waals surface area (Å²) >= 11 is 1.91. The normalized spacial score (nSPS) is 11.4. The zero-order valence-corrected chi connectivity index (χ0v) is 10.1. The second kappa shape index (κ2) is 8.28. The van der Waals surface area contributed by atoms with Crippen molar-refractivity contribution in [3.8, 4) is 0 Å². The molecule has 0 aliphatic rings. The number of unbranched alkanes of at least 4 members (excludes halogenated alkanes) is 2. The summed E-state index contributed by atoms with van der Waals surface area (Å²) in [6, 6.07) is 0. The number of rotatable bonds is 6. The highest BCUT2D eigenvalue weighted by Gasteiger charge is 1.95. The van der Waals surface area contributed by atoms with Gasteiger partial charge in [0.1, 0.15) is 5.84 Å². The Morgan fingerprint density at radius 1 is 1.38 bits per heavy atom. The van der Waals surface area contributed by atoms with Crippen LogP contribution in [0.3, 0.4) is 0 Å². The van der Waals surface area contributed by atoms with Gasteiger partial charge in [0.15, 0.2) is 0 Å². The predicted molar refractivity (Wildman–Crippen MR) is 65.5 cm³/mol. The van der Waals surface area contributed by atoms with E-state index < -0.39 is 0 Å². The molecule has 5 heteroatoms. The maximum absolute atomic E-state index is 7.33. The number of nitrogens with two attached hydrogens (primary N) is 1. The zero-order chi connectivity index (χ0) is 10.1. The van der Waals surface area contributed by atoms with Crippen molar-refractivity contribution in [3.05, 3.63) is 0 Å². The molecule has 4 N–H and O–H groups in total. The maximum Gasteiger partial charge on any atom is 0.106 e. The summed E-state index contributed by atoms with van der Waals surface area (Å²) in [4.78, 5) is 0. The first-order valence-corrected chi connectivity index (χ1v) is 5.35. The molecule has 0 heterocycles. The van der Waals surface area contributed by atoms with Crippen LogP contribution in [0.4, 0.5) is 0 Å². The van der Waals surface area contributed by atoms with Crippen LogP contribution in [-0.4, -0.2) is 18.7 Å². The molecule has 0 aromatic heterocycles. The second-order valence-corrected chi connectivity index (χ2v) is 3.35. The van der Waals surface area contributed by atoms with Gasteiger partial charge in [-0.25, -0.2) is 3.21 Å². The number of hydrogen-bond acceptors (Lipinski definition) is 2. The lowest BCUT2D eigenvalue weighted by Crippen LogP contribution is -2.16. The van der Waals surface area contributed by atoms with Crippen LogP contribution in [-0.2, 0) is 0 Å². The molecule has 0 amide bonds. The average Bonchev–Trinajstić information content (AvgIpc) is 2.16. The van der Waals surface area contributed by atoms with Gasteiger partial charge in [0, 0.05) is 19.9 Å². The first-order valence-electron chi connectivity index (χ1n) is 4.39. The Morgan fingerprint density at radius 2 is 2.00 bits per heavy atom. The summed E-state index contributed by atoms with van der Waals surface area (Å²) < 4.78 is 3.85. The van der Waals surface area contributed by atoms with Gasteiger partial charge in [0.25, 0.3) is 0 Å². The highest BCUT2D eigenvalue weighted by Crippen LogP contribution is 2.03. The van der Waals surface area contributed by atoms with Crippen molar-refractivity contribution in [2.24, 2.45) is 8.94 Å². The second-order valence-electron chi connectivity index (χ2n) is 2.87. The van der Waals surface area contributed by atoms with E-state index in [4.69, 9.17) is 11.1 Å². The van der Waals surface area contributed by atoms with Crippen molar-refractivity contribution < 1.29 is 0 Å². The van der Waals surface area contributed by atoms with Gasteiger partial charge in [-0.3, -0.25) is 5.41 Å². The molecule has 0 rings (SSSR count). The molecule has 0 unspecified atom stereocenters. The van der Waals surface area contributed by atoms with E-state index in [1.165, 1.54) is 0 Å². The van der Waals surface area contributed by atoms with Crippen LogP contribution < -0.4 is 11.1 Å². The van der Waals surface area contributed by atoms with E-state index in [1.54, 1.807) is 7.05 Å². The van der Waals surface area contributed by atoms with Gasteiger partial charge < -0.3 is 11.1 Å². The van der Waals surface area contributed by atoms with Crippen LogP contribution in [0.1, 0.15) is 32.1 Å². The summed E-state index contributed by atoms with van der Waals surface area (Å²) in [5.41, 5.74) is 5.53. The van der Waals surface area contributed by atoms with Crippen molar-refractivity contribution in [2.45, 2.75) is 32.1 Å². The Morgan fingerprint density at radius 3 is 2.54 bits per heavy atom. The zero-order valence-electron chi connectivity index (χ0n) is 7.94. The third kappa shape index (κ3) is 8.01. The molecule has 0 aliphatic heterocycles. The molecule has 0 bridgehead atoms. The van der Waals surface area contributed by atoms with E-state index in [1.807, 2.05) is 22.9 Å². The van der Waals surface area contributed by atoms with Gasteiger partial charge in [0.2, 0.25) is 0 Å². The van der Waals surface area contributed by atoms with E-state index in [0.29, 0.717) is 11.7 Å². The van der Waals surface area contributed by atoms with Gasteiger partial charge in [0.05, 0.1) is 28.7 Å². The first-order chi connectivity index (χ1) is 6.20. The molecule has 0 fully saturated rings. The molecule has 0 radical (unpaired) electrons. The topological polar surface area (TPSA) is 74.3 Å². The minimum atomic E-state index is 0.607. The van der Waals surface area contributed by atoms with Gasteiger partial charge in [-0.05, 0) is 12.8 Å². The van der Waals surface area contributed by atoms with Gasteiger partial charge in [-0.1, -0.05) is 6.42 Å². The lowest BCUT2D eigenvalue weighted by molar-refractivity contribution is 0.708. The Kier molecular flexibility index (Phi) is 8.07. The van der Waals surface area contributed by atoms with E-state index >= 15 is 0 Å². The Labute approximate surface area is 93.4 Å². The standard InChI is InChI=1S/C8H17IN4/c1-12-7(10)5-3-2-4-6-8(11)13-9/h2-6H2,1H3,(H2,10,12)(H2,11,13). The van der Waals surface area contributed by atoms with Crippen LogP contribution in [0.5, 0.6) is 0 Å². The number of halogens is 1. The highest BCUT2D eigenvalue weighted by molar-refractivity contribution is 14.1. The highest BCUT2D eigenvalue weighted by atomic mass is 127. The van der Waals surface area contributed by atoms with Crippen LogP contribution in [0.2, 0.25) is 0 Å². The summed E-state index contributed by atoms with van der Waals surface area (Å²) in [6.45, 7) is 0. The molecule has 0 aromatic carbocycles. The van der Waals surface area contributed by atoms with E-state index in [9.17, 15) is 0 Å². The van der Waals surface area contributed by atoms with Crippen LogP contribution in [0.15, 0.2) is 3.21 Å². The molecule has 0 aliphatic carbocycles. The molecule has 13 heavy (non-hydrogen) atoms. The van der Waals surface area contributed by atoms with Crippen LogP contribution in [0, 0.1) is 5.41 Å². The van der Waals surface area contributed by atoms with Crippen LogP contribution >= 0.6 is 22.9 Å². The van der Waals surface area contributed by atoms with Crippen molar-refractivity contribution in [1.29, 1.82) is 5.41 Å². The lowest BCUT2D eigenvalue weighted by atomic mass is 10.1. The molecular weight excluding hydrogens is 279 g/mol. The first kappa shape index (κ1) is 12.7. The van der Waals surface area contributed by atoms with Crippen molar-refractivity contribution in [2.75, 3.05) is 7.05 Å². The summed E-state index contributed by atoms with van der Waals surface area (Å²) in [5, 5.41) is 10.1. The minimum absolute atomic E-state index is 0.607. The van der Waals surface area contributed by atoms with Crippen LogP contribution in [0.25, 0.3) is 0 Å². The van der Waals surface area contributed by atoms with E-state index in [0.717, 1.165) is 32.1 Å². The smallest absolute Gasteiger partial charge is 0.106 e. The van der Waals surface area contributed by atoms with Gasteiger partial charge >= 0.3 is 0 Å². The molecule has 0 saturated heterocycles. The number of amidine groups is 2. The fourth-order valence-electron chi connectivity index (χ4n) is 0.952. The SMILES string of the molecule is CNC(=N)CCCCC/C(N)=N/I. The Hall–Kier alpha value is -0.330. The van der Waals surface area contributed by atoms with Crippen molar-refractivity contribution in [1.82, 2.24) is 5.32 Å². The van der Waals surface area contributed by atoms with Gasteiger partial charge in [-0.2, -0.15) is 0 Å². The van der Waals surface area contributed by atoms with Crippen molar-refractivity contribution in [3.63, 3.8) is 0 Å². The number of nitrogens with one attached hydrogen (secondary N) is 2. The fourth-order valence-corrected chi connectivity index (χ4v) is 1.19.